The minimum atomic E-state index is 0.217. The molecule has 1 saturated heterocycles. The molecule has 2 aliphatic rings. The Hall–Kier alpha value is -2.14. The first kappa shape index (κ1) is 17.0. The lowest BCUT2D eigenvalue weighted by atomic mass is 9.97. The first-order valence-electron chi connectivity index (χ1n) is 10.1. The highest BCUT2D eigenvalue weighted by Gasteiger charge is 2.28. The smallest absolute Gasteiger partial charge is 0.263 e. The minimum absolute atomic E-state index is 0.217. The largest absolute Gasteiger partial charge is 0.342 e. The second kappa shape index (κ2) is 7.12. The van der Waals surface area contributed by atoms with Crippen molar-refractivity contribution in [3.05, 3.63) is 51.5 Å². The Morgan fingerprint density at radius 3 is 2.96 bits per heavy atom. The fourth-order valence-corrected chi connectivity index (χ4v) is 5.70. The lowest BCUT2D eigenvalue weighted by Gasteiger charge is -2.31. The molecule has 1 N–H and O–H groups in total. The zero-order valence-corrected chi connectivity index (χ0v) is 16.4. The molecular weight excluding hydrogens is 354 g/mol. The third-order valence-electron chi connectivity index (χ3n) is 5.96. The maximum Gasteiger partial charge on any atom is 0.263 e. The summed E-state index contributed by atoms with van der Waals surface area (Å²) in [5.41, 5.74) is 3.52. The van der Waals surface area contributed by atoms with Gasteiger partial charge in [0.2, 0.25) is 0 Å². The van der Waals surface area contributed by atoms with E-state index in [0.717, 1.165) is 60.5 Å². The van der Waals surface area contributed by atoms with E-state index < -0.39 is 0 Å². The summed E-state index contributed by atoms with van der Waals surface area (Å²) >= 11 is 1.74. The van der Waals surface area contributed by atoms with Gasteiger partial charge >= 0.3 is 0 Å². The van der Waals surface area contributed by atoms with Gasteiger partial charge in [-0.2, -0.15) is 0 Å². The quantitative estimate of drug-likeness (QED) is 0.643. The normalized spacial score (nSPS) is 20.4. The molecule has 1 fully saturated rings. The molecule has 0 radical (unpaired) electrons. The van der Waals surface area contributed by atoms with Gasteiger partial charge in [0, 0.05) is 23.9 Å². The van der Waals surface area contributed by atoms with E-state index in [1.807, 2.05) is 23.1 Å². The Morgan fingerprint density at radius 1 is 1.15 bits per heavy atom. The molecule has 27 heavy (non-hydrogen) atoms. The molecule has 1 aliphatic heterocycles. The van der Waals surface area contributed by atoms with Crippen molar-refractivity contribution in [2.45, 2.75) is 50.9 Å². The van der Waals surface area contributed by atoms with Crippen molar-refractivity contribution in [3.8, 4) is 0 Å². The van der Waals surface area contributed by atoms with Gasteiger partial charge in [-0.3, -0.25) is 4.79 Å². The number of aromatic amines is 1. The predicted octanol–water partition coefficient (Wildman–Crippen LogP) is 4.91. The van der Waals surface area contributed by atoms with Gasteiger partial charge in [0.05, 0.1) is 15.9 Å². The van der Waals surface area contributed by atoms with Crippen LogP contribution in [-0.2, 0) is 12.8 Å². The summed E-state index contributed by atoms with van der Waals surface area (Å²) in [5.74, 6) is 1.54. The van der Waals surface area contributed by atoms with Crippen LogP contribution in [0.15, 0.2) is 30.3 Å². The molecule has 1 aromatic carbocycles. The summed E-state index contributed by atoms with van der Waals surface area (Å²) in [4.78, 5) is 25.8. The van der Waals surface area contributed by atoms with E-state index in [0.29, 0.717) is 5.92 Å². The molecule has 1 unspecified atom stereocenters. The number of benzene rings is 1. The Balaban J connectivity index is 1.35. The summed E-state index contributed by atoms with van der Waals surface area (Å²) in [5, 5.41) is 0. The number of likely N-dealkylation sites (tertiary alicyclic amines) is 1. The number of hydrogen-bond acceptors (Lipinski definition) is 3. The molecule has 5 heteroatoms. The van der Waals surface area contributed by atoms with Crippen molar-refractivity contribution in [2.24, 2.45) is 0 Å². The number of carbonyl (C=O) groups excluding carboxylic acids is 1. The Labute approximate surface area is 163 Å². The van der Waals surface area contributed by atoms with Crippen LogP contribution in [-0.4, -0.2) is 33.9 Å². The minimum Gasteiger partial charge on any atom is -0.342 e. The SMILES string of the molecule is O=C(c1cc2c(s1)CCCCC2)N1CCCC(c2nc3ccccc3[nH]2)C1. The third-order valence-corrected chi connectivity index (χ3v) is 7.19. The molecule has 1 amide bonds. The number of nitrogens with one attached hydrogen (secondary N) is 1. The molecule has 1 atom stereocenters. The molecule has 0 bridgehead atoms. The van der Waals surface area contributed by atoms with Gasteiger partial charge in [0.1, 0.15) is 5.82 Å². The van der Waals surface area contributed by atoms with Crippen LogP contribution in [0.2, 0.25) is 0 Å². The van der Waals surface area contributed by atoms with Gasteiger partial charge in [-0.05, 0) is 62.3 Å². The van der Waals surface area contributed by atoms with Gasteiger partial charge in [-0.15, -0.1) is 11.3 Å². The summed E-state index contributed by atoms with van der Waals surface area (Å²) in [6, 6.07) is 10.3. The number of fused-ring (bicyclic) bond motifs is 2. The second-order valence-electron chi connectivity index (χ2n) is 7.85. The van der Waals surface area contributed by atoms with Crippen LogP contribution in [0.1, 0.15) is 64.0 Å². The molecule has 3 aromatic rings. The van der Waals surface area contributed by atoms with Crippen molar-refractivity contribution < 1.29 is 4.79 Å². The standard InChI is InChI=1S/C22H25N3OS/c26-22(20-13-15-7-2-1-3-11-19(15)27-20)25-12-6-8-16(14-25)21-23-17-9-4-5-10-18(17)24-21/h4-5,9-10,13,16H,1-3,6-8,11-12,14H2,(H,23,24). The van der Waals surface area contributed by atoms with Crippen molar-refractivity contribution in [2.75, 3.05) is 13.1 Å². The third kappa shape index (κ3) is 3.29. The van der Waals surface area contributed by atoms with Gasteiger partial charge in [0.25, 0.3) is 5.91 Å². The topological polar surface area (TPSA) is 49.0 Å². The first-order valence-corrected chi connectivity index (χ1v) is 10.9. The van der Waals surface area contributed by atoms with Crippen LogP contribution in [0.25, 0.3) is 11.0 Å². The number of rotatable bonds is 2. The van der Waals surface area contributed by atoms with Crippen LogP contribution in [0, 0.1) is 0 Å². The van der Waals surface area contributed by atoms with Crippen molar-refractivity contribution >= 4 is 28.3 Å². The maximum atomic E-state index is 13.2. The van der Waals surface area contributed by atoms with E-state index in [9.17, 15) is 4.79 Å². The number of thiophene rings is 1. The molecule has 2 aromatic heterocycles. The van der Waals surface area contributed by atoms with E-state index in [1.54, 1.807) is 11.3 Å². The van der Waals surface area contributed by atoms with E-state index in [-0.39, 0.29) is 5.91 Å². The van der Waals surface area contributed by atoms with Gasteiger partial charge in [-0.1, -0.05) is 18.6 Å². The summed E-state index contributed by atoms with van der Waals surface area (Å²) in [7, 11) is 0. The fraction of sp³-hybridized carbons (Fsp3) is 0.455. The van der Waals surface area contributed by atoms with Crippen LogP contribution in [0.5, 0.6) is 0 Å². The molecule has 5 rings (SSSR count). The van der Waals surface area contributed by atoms with Crippen LogP contribution >= 0.6 is 11.3 Å². The second-order valence-corrected chi connectivity index (χ2v) is 8.99. The van der Waals surface area contributed by atoms with E-state index in [4.69, 9.17) is 4.98 Å². The van der Waals surface area contributed by atoms with Crippen molar-refractivity contribution in [1.82, 2.24) is 14.9 Å². The fourth-order valence-electron chi connectivity index (χ4n) is 4.48. The Kier molecular flexibility index (Phi) is 4.48. The zero-order chi connectivity index (χ0) is 18.2. The molecule has 0 spiro atoms. The molecule has 1 aliphatic carbocycles. The summed E-state index contributed by atoms with van der Waals surface area (Å²) in [6.45, 7) is 1.62. The van der Waals surface area contributed by atoms with Crippen molar-refractivity contribution in [1.29, 1.82) is 0 Å². The summed E-state index contributed by atoms with van der Waals surface area (Å²) < 4.78 is 0. The Bertz CT molecular complexity index is 917. The van der Waals surface area contributed by atoms with Crippen LogP contribution in [0.4, 0.5) is 0 Å². The highest BCUT2D eigenvalue weighted by Crippen LogP contribution is 2.32. The van der Waals surface area contributed by atoms with E-state index in [1.165, 1.54) is 29.7 Å². The predicted molar refractivity (Wildman–Crippen MR) is 110 cm³/mol. The number of aryl methyl sites for hydroxylation is 2. The number of para-hydroxylation sites is 2. The molecular formula is C22H25N3OS. The Morgan fingerprint density at radius 2 is 2.04 bits per heavy atom. The number of piperidine rings is 1. The highest BCUT2D eigenvalue weighted by atomic mass is 32.1. The van der Waals surface area contributed by atoms with Crippen LogP contribution in [0.3, 0.4) is 0 Å². The average Bonchev–Trinajstić information content (AvgIpc) is 3.26. The molecule has 4 nitrogen and oxygen atoms in total. The molecule has 3 heterocycles. The van der Waals surface area contributed by atoms with Crippen molar-refractivity contribution in [3.63, 3.8) is 0 Å². The number of amides is 1. The summed E-state index contributed by atoms with van der Waals surface area (Å²) in [6.07, 6.45) is 8.25. The van der Waals surface area contributed by atoms with Gasteiger partial charge in [-0.25, -0.2) is 4.98 Å². The number of H-pyrrole nitrogens is 1. The lowest BCUT2D eigenvalue weighted by molar-refractivity contribution is 0.0710. The number of imidazole rings is 1. The van der Waals surface area contributed by atoms with E-state index >= 15 is 0 Å². The molecule has 140 valence electrons. The number of carbonyl (C=O) groups is 1. The monoisotopic (exact) mass is 379 g/mol. The van der Waals surface area contributed by atoms with Gasteiger partial charge in [0.15, 0.2) is 0 Å². The zero-order valence-electron chi connectivity index (χ0n) is 15.5. The highest BCUT2D eigenvalue weighted by molar-refractivity contribution is 7.14. The number of hydrogen-bond donors (Lipinski definition) is 1. The lowest BCUT2D eigenvalue weighted by Crippen LogP contribution is -2.39. The average molecular weight is 380 g/mol. The number of aromatic nitrogens is 2. The first-order chi connectivity index (χ1) is 13.3. The number of nitrogens with zero attached hydrogens (tertiary/aromatic N) is 2. The van der Waals surface area contributed by atoms with E-state index in [2.05, 4.69) is 17.1 Å². The van der Waals surface area contributed by atoms with Gasteiger partial charge < -0.3 is 9.88 Å². The van der Waals surface area contributed by atoms with Crippen LogP contribution < -0.4 is 0 Å². The molecule has 0 saturated carbocycles. The maximum absolute atomic E-state index is 13.2.